The molecule has 1 aliphatic rings. The van der Waals surface area contributed by atoms with E-state index >= 15 is 0 Å². The lowest BCUT2D eigenvalue weighted by atomic mass is 9.97. The molecular formula is C21H26F3N5O5S. The van der Waals surface area contributed by atoms with Gasteiger partial charge in [-0.3, -0.25) is 9.52 Å². The number of alkyl halides is 3. The van der Waals surface area contributed by atoms with Crippen LogP contribution in [0.2, 0.25) is 0 Å². The Morgan fingerprint density at radius 3 is 2.57 bits per heavy atom. The van der Waals surface area contributed by atoms with Gasteiger partial charge in [-0.05, 0) is 37.0 Å². The predicted molar refractivity (Wildman–Crippen MR) is 122 cm³/mol. The van der Waals surface area contributed by atoms with Gasteiger partial charge >= 0.3 is 12.4 Å². The second-order valence-electron chi connectivity index (χ2n) is 7.99. The first-order valence-corrected chi connectivity index (χ1v) is 12.6. The van der Waals surface area contributed by atoms with E-state index in [1.54, 1.807) is 18.2 Å². The van der Waals surface area contributed by atoms with Crippen molar-refractivity contribution >= 4 is 27.6 Å². The standard InChI is InChI=1S/C21H26F3N5O5S/c1-33-20-26-17(25-10-9-14-5-7-16(8-6-14)34-21(22,23)24)12-18(27-20)29-11-3-4-15(13-29)19(30)28-35(2,31)32/h5-8,12,15H,3-4,9-11,13H2,1-2H3,(H,28,30)(H,25,26,27). The van der Waals surface area contributed by atoms with E-state index in [0.29, 0.717) is 44.0 Å². The minimum Gasteiger partial charge on any atom is -0.467 e. The van der Waals surface area contributed by atoms with Crippen LogP contribution in [-0.4, -0.2) is 63.7 Å². The van der Waals surface area contributed by atoms with Gasteiger partial charge in [-0.1, -0.05) is 12.1 Å². The molecule has 0 aliphatic carbocycles. The summed E-state index contributed by atoms with van der Waals surface area (Å²) in [6.45, 7) is 1.33. The van der Waals surface area contributed by atoms with E-state index in [1.165, 1.54) is 19.2 Å². The van der Waals surface area contributed by atoms with E-state index in [1.807, 2.05) is 9.62 Å². The summed E-state index contributed by atoms with van der Waals surface area (Å²) in [6.07, 6.45) is -2.07. The van der Waals surface area contributed by atoms with Gasteiger partial charge in [0.15, 0.2) is 0 Å². The molecule has 1 saturated heterocycles. The zero-order chi connectivity index (χ0) is 25.6. The van der Waals surface area contributed by atoms with Gasteiger partial charge < -0.3 is 19.7 Å². The molecule has 192 valence electrons. The molecular weight excluding hydrogens is 491 g/mol. The molecule has 2 aromatic rings. The summed E-state index contributed by atoms with van der Waals surface area (Å²) in [5.41, 5.74) is 0.795. The highest BCUT2D eigenvalue weighted by Gasteiger charge is 2.31. The normalized spacial score (nSPS) is 16.5. The van der Waals surface area contributed by atoms with E-state index in [-0.39, 0.29) is 18.3 Å². The van der Waals surface area contributed by atoms with Crippen LogP contribution in [0, 0.1) is 5.92 Å². The maximum Gasteiger partial charge on any atom is 0.573 e. The summed E-state index contributed by atoms with van der Waals surface area (Å²) in [5.74, 6) is -0.371. The van der Waals surface area contributed by atoms with E-state index in [9.17, 15) is 26.4 Å². The molecule has 10 nitrogen and oxygen atoms in total. The van der Waals surface area contributed by atoms with Gasteiger partial charge in [0.2, 0.25) is 15.9 Å². The zero-order valence-electron chi connectivity index (χ0n) is 19.1. The number of carbonyl (C=O) groups excluding carboxylic acids is 1. The Balaban J connectivity index is 1.62. The Kier molecular flexibility index (Phi) is 8.25. The molecule has 2 N–H and O–H groups in total. The summed E-state index contributed by atoms with van der Waals surface area (Å²) >= 11 is 0. The fourth-order valence-corrected chi connectivity index (χ4v) is 4.15. The molecule has 1 amide bonds. The number of carbonyl (C=O) groups is 1. The van der Waals surface area contributed by atoms with Crippen molar-refractivity contribution in [3.63, 3.8) is 0 Å². The molecule has 0 spiro atoms. The van der Waals surface area contributed by atoms with Crippen molar-refractivity contribution < 1.29 is 35.9 Å². The van der Waals surface area contributed by atoms with E-state index in [0.717, 1.165) is 11.8 Å². The summed E-state index contributed by atoms with van der Waals surface area (Å²) in [6, 6.07) is 7.40. The largest absolute Gasteiger partial charge is 0.573 e. The van der Waals surface area contributed by atoms with Crippen LogP contribution in [0.15, 0.2) is 30.3 Å². The molecule has 1 aromatic carbocycles. The second-order valence-corrected chi connectivity index (χ2v) is 9.74. The van der Waals surface area contributed by atoms with Crippen molar-refractivity contribution in [2.45, 2.75) is 25.6 Å². The molecule has 14 heteroatoms. The molecule has 1 aromatic heterocycles. The van der Waals surface area contributed by atoms with Gasteiger partial charge in [0.05, 0.1) is 19.3 Å². The van der Waals surface area contributed by atoms with Crippen LogP contribution >= 0.6 is 0 Å². The first kappa shape index (κ1) is 26.3. The molecule has 3 rings (SSSR count). The fraction of sp³-hybridized carbons (Fsp3) is 0.476. The van der Waals surface area contributed by atoms with Gasteiger partial charge in [0.1, 0.15) is 17.4 Å². The molecule has 1 fully saturated rings. The number of aromatic nitrogens is 2. The molecule has 1 aliphatic heterocycles. The monoisotopic (exact) mass is 517 g/mol. The topological polar surface area (TPSA) is 123 Å². The summed E-state index contributed by atoms with van der Waals surface area (Å²) in [7, 11) is -2.22. The maximum absolute atomic E-state index is 12.3. The third-order valence-corrected chi connectivity index (χ3v) is 5.73. The van der Waals surface area contributed by atoms with Crippen LogP contribution in [-0.2, 0) is 21.2 Å². The van der Waals surface area contributed by atoms with Crippen molar-refractivity contribution in [1.29, 1.82) is 0 Å². The van der Waals surface area contributed by atoms with Crippen molar-refractivity contribution in [3.8, 4) is 11.8 Å². The van der Waals surface area contributed by atoms with Crippen molar-refractivity contribution in [2.75, 3.05) is 43.2 Å². The van der Waals surface area contributed by atoms with Crippen LogP contribution < -0.4 is 24.4 Å². The van der Waals surface area contributed by atoms with Crippen LogP contribution in [0.25, 0.3) is 0 Å². The highest BCUT2D eigenvalue weighted by Crippen LogP contribution is 2.26. The number of sulfonamides is 1. The minimum absolute atomic E-state index is 0.112. The van der Waals surface area contributed by atoms with Crippen LogP contribution in [0.3, 0.4) is 0 Å². The van der Waals surface area contributed by atoms with Crippen molar-refractivity contribution in [1.82, 2.24) is 14.7 Å². The first-order chi connectivity index (χ1) is 16.4. The Morgan fingerprint density at radius 2 is 1.94 bits per heavy atom. The quantitative estimate of drug-likeness (QED) is 0.516. The number of rotatable bonds is 9. The van der Waals surface area contributed by atoms with Crippen molar-refractivity contribution in [3.05, 3.63) is 35.9 Å². The zero-order valence-corrected chi connectivity index (χ0v) is 19.9. The average Bonchev–Trinajstić information content (AvgIpc) is 2.78. The van der Waals surface area contributed by atoms with E-state index < -0.39 is 28.2 Å². The Bertz CT molecular complexity index is 1130. The maximum atomic E-state index is 12.3. The van der Waals surface area contributed by atoms with Crippen LogP contribution in [0.5, 0.6) is 11.8 Å². The van der Waals surface area contributed by atoms with Crippen molar-refractivity contribution in [2.24, 2.45) is 5.92 Å². The molecule has 2 heterocycles. The number of hydrogen-bond acceptors (Lipinski definition) is 9. The van der Waals surface area contributed by atoms with Gasteiger partial charge in [-0.25, -0.2) is 8.42 Å². The minimum atomic E-state index is -4.74. The smallest absolute Gasteiger partial charge is 0.467 e. The third-order valence-electron chi connectivity index (χ3n) is 5.15. The first-order valence-electron chi connectivity index (χ1n) is 10.7. The Morgan fingerprint density at radius 1 is 1.23 bits per heavy atom. The van der Waals surface area contributed by atoms with Crippen LogP contribution in [0.1, 0.15) is 18.4 Å². The number of nitrogens with zero attached hydrogens (tertiary/aromatic N) is 3. The van der Waals surface area contributed by atoms with Gasteiger partial charge in [-0.15, -0.1) is 13.2 Å². The molecule has 1 atom stereocenters. The van der Waals surface area contributed by atoms with E-state index in [2.05, 4.69) is 20.0 Å². The number of hydrogen-bond donors (Lipinski definition) is 2. The lowest BCUT2D eigenvalue weighted by molar-refractivity contribution is -0.274. The molecule has 0 bridgehead atoms. The number of halogens is 3. The molecule has 0 saturated carbocycles. The van der Waals surface area contributed by atoms with E-state index in [4.69, 9.17) is 4.74 Å². The highest BCUT2D eigenvalue weighted by molar-refractivity contribution is 7.89. The number of ether oxygens (including phenoxy) is 2. The third kappa shape index (κ3) is 8.46. The number of benzene rings is 1. The molecule has 35 heavy (non-hydrogen) atoms. The second kappa shape index (κ2) is 11.0. The average molecular weight is 518 g/mol. The number of piperidine rings is 1. The lowest BCUT2D eigenvalue weighted by Crippen LogP contribution is -2.44. The lowest BCUT2D eigenvalue weighted by Gasteiger charge is -2.32. The molecule has 0 radical (unpaired) electrons. The number of methoxy groups -OCH3 is 1. The fourth-order valence-electron chi connectivity index (χ4n) is 3.61. The highest BCUT2D eigenvalue weighted by atomic mass is 32.2. The van der Waals surface area contributed by atoms with Gasteiger partial charge in [0, 0.05) is 25.7 Å². The van der Waals surface area contributed by atoms with Crippen LogP contribution in [0.4, 0.5) is 24.8 Å². The Labute approximate surface area is 200 Å². The summed E-state index contributed by atoms with van der Waals surface area (Å²) < 4.78 is 70.7. The summed E-state index contributed by atoms with van der Waals surface area (Å²) in [4.78, 5) is 22.8. The number of nitrogens with one attached hydrogen (secondary N) is 2. The predicted octanol–water partition coefficient (Wildman–Crippen LogP) is 2.33. The van der Waals surface area contributed by atoms with Gasteiger partial charge in [-0.2, -0.15) is 9.97 Å². The Hall–Kier alpha value is -3.29. The number of amides is 1. The SMILES string of the molecule is COc1nc(NCCc2ccc(OC(F)(F)F)cc2)cc(N2CCCC(C(=O)NS(C)(=O)=O)C2)n1. The molecule has 1 unspecified atom stereocenters. The number of anilines is 2. The van der Waals surface area contributed by atoms with Gasteiger partial charge in [0.25, 0.3) is 0 Å². The summed E-state index contributed by atoms with van der Waals surface area (Å²) in [5, 5.41) is 3.14.